The minimum Gasteiger partial charge on any atom is -0.144 e. The quantitative estimate of drug-likeness (QED) is 0.145. The average molecular weight is 764 g/mol. The standard InChI is InChI=1S/C33H43BrS5Si3/c1-32(2,3)40(7,8)27-17-12-22(35-27)24-14-19-29(37-24)42(11,31-21-16-26(34)39-31)30-20-15-25(38-30)23-13-18-28(36-23)41(9,10)33(4,5)6/h12-21H,1-11H3. The van der Waals surface area contributed by atoms with Gasteiger partial charge in [-0.25, -0.2) is 0 Å². The molecule has 224 valence electrons. The first-order valence-corrected chi connectivity index (χ1v) is 27.9. The molecule has 0 aliphatic heterocycles. The number of halogens is 1. The van der Waals surface area contributed by atoms with Crippen LogP contribution in [-0.2, 0) is 0 Å². The highest BCUT2D eigenvalue weighted by molar-refractivity contribution is 9.11. The molecule has 9 heteroatoms. The average Bonchev–Trinajstić information content (AvgIpc) is 3.71. The van der Waals surface area contributed by atoms with E-state index >= 15 is 0 Å². The first-order valence-electron chi connectivity index (χ1n) is 14.5. The highest BCUT2D eigenvalue weighted by Gasteiger charge is 2.41. The second-order valence-corrected chi connectivity index (χ2v) is 37.7. The molecule has 0 aliphatic carbocycles. The Bertz CT molecular complexity index is 1590. The lowest BCUT2D eigenvalue weighted by Gasteiger charge is -2.35. The van der Waals surface area contributed by atoms with E-state index in [9.17, 15) is 0 Å². The smallest absolute Gasteiger partial charge is 0.144 e. The third kappa shape index (κ3) is 5.84. The third-order valence-corrected chi connectivity index (χ3v) is 37.4. The molecule has 0 unspecified atom stereocenters. The maximum Gasteiger partial charge on any atom is 0.181 e. The van der Waals surface area contributed by atoms with E-state index in [1.165, 1.54) is 27.8 Å². The summed E-state index contributed by atoms with van der Waals surface area (Å²) in [6, 6.07) is 23.9. The molecule has 0 bridgehead atoms. The fraction of sp³-hybridized carbons (Fsp3) is 0.394. The first kappa shape index (κ1) is 33.0. The molecule has 5 aromatic heterocycles. The zero-order valence-electron chi connectivity index (χ0n) is 26.7. The monoisotopic (exact) mass is 762 g/mol. The van der Waals surface area contributed by atoms with Crippen molar-refractivity contribution in [1.29, 1.82) is 0 Å². The Balaban J connectivity index is 1.53. The topological polar surface area (TPSA) is 0 Å². The summed E-state index contributed by atoms with van der Waals surface area (Å²) in [5.41, 5.74) is 0. The normalized spacial score (nSPS) is 13.7. The molecule has 5 rings (SSSR count). The van der Waals surface area contributed by atoms with Crippen LogP contribution in [0.1, 0.15) is 41.5 Å². The molecule has 0 atom stereocenters. The predicted octanol–water partition coefficient (Wildman–Crippen LogP) is 10.6. The fourth-order valence-corrected chi connectivity index (χ4v) is 24.6. The van der Waals surface area contributed by atoms with E-state index in [2.05, 4.69) is 151 Å². The predicted molar refractivity (Wildman–Crippen MR) is 211 cm³/mol. The van der Waals surface area contributed by atoms with Crippen molar-refractivity contribution in [3.63, 3.8) is 0 Å². The van der Waals surface area contributed by atoms with Gasteiger partial charge >= 0.3 is 0 Å². The molecule has 0 N–H and O–H groups in total. The molecular weight excluding hydrogens is 721 g/mol. The molecule has 0 radical (unpaired) electrons. The minimum atomic E-state index is -2.15. The lowest BCUT2D eigenvalue weighted by Crippen LogP contribution is -2.61. The Morgan fingerprint density at radius 2 is 0.714 bits per heavy atom. The zero-order chi connectivity index (χ0) is 30.9. The molecule has 0 spiro atoms. The van der Waals surface area contributed by atoms with Crippen LogP contribution in [0.5, 0.6) is 0 Å². The van der Waals surface area contributed by atoms with Gasteiger partial charge in [-0.3, -0.25) is 0 Å². The fourth-order valence-electron chi connectivity index (χ4n) is 4.78. The molecule has 0 fully saturated rings. The summed E-state index contributed by atoms with van der Waals surface area (Å²) in [5, 5.41) is 0.692. The zero-order valence-corrected chi connectivity index (χ0v) is 35.4. The van der Waals surface area contributed by atoms with Gasteiger partial charge in [-0.05, 0) is 65.3 Å². The number of rotatable bonds is 7. The van der Waals surface area contributed by atoms with E-state index in [4.69, 9.17) is 0 Å². The third-order valence-electron chi connectivity index (χ3n) is 9.94. The Morgan fingerprint density at radius 1 is 0.429 bits per heavy atom. The van der Waals surface area contributed by atoms with E-state index in [0.717, 1.165) is 0 Å². The molecule has 0 nitrogen and oxygen atoms in total. The second kappa shape index (κ2) is 11.5. The van der Waals surface area contributed by atoms with E-state index in [1.54, 1.807) is 18.0 Å². The largest absolute Gasteiger partial charge is 0.181 e. The molecule has 0 aliphatic rings. The number of thiophene rings is 5. The first-order chi connectivity index (χ1) is 19.4. The van der Waals surface area contributed by atoms with E-state index in [0.29, 0.717) is 10.1 Å². The molecular formula is C33H43BrS5Si3. The van der Waals surface area contributed by atoms with Crippen molar-refractivity contribution in [3.05, 3.63) is 64.5 Å². The van der Waals surface area contributed by atoms with Crippen LogP contribution in [0.4, 0.5) is 0 Å². The number of hydrogen-bond acceptors (Lipinski definition) is 5. The lowest BCUT2D eigenvalue weighted by molar-refractivity contribution is 0.730. The minimum absolute atomic E-state index is 0.346. The van der Waals surface area contributed by atoms with Crippen LogP contribution in [-0.4, -0.2) is 24.2 Å². The van der Waals surface area contributed by atoms with E-state index in [1.807, 2.05) is 56.7 Å². The van der Waals surface area contributed by atoms with E-state index < -0.39 is 24.2 Å². The molecule has 0 saturated carbocycles. The van der Waals surface area contributed by atoms with Crippen LogP contribution in [0.2, 0.25) is 42.8 Å². The van der Waals surface area contributed by atoms with Gasteiger partial charge in [-0.1, -0.05) is 105 Å². The summed E-state index contributed by atoms with van der Waals surface area (Å²) in [5.74, 6) is 0. The van der Waals surface area contributed by atoms with Gasteiger partial charge in [0.25, 0.3) is 0 Å². The Labute approximate surface area is 285 Å². The van der Waals surface area contributed by atoms with Crippen molar-refractivity contribution in [2.24, 2.45) is 0 Å². The molecule has 42 heavy (non-hydrogen) atoms. The molecule has 0 amide bonds. The van der Waals surface area contributed by atoms with Crippen molar-refractivity contribution in [1.82, 2.24) is 0 Å². The van der Waals surface area contributed by atoms with Crippen molar-refractivity contribution in [2.75, 3.05) is 0 Å². The van der Waals surface area contributed by atoms with Crippen LogP contribution in [0.25, 0.3) is 19.5 Å². The van der Waals surface area contributed by atoms with Crippen molar-refractivity contribution in [2.45, 2.75) is 84.4 Å². The van der Waals surface area contributed by atoms with Gasteiger partial charge in [0.05, 0.1) is 19.9 Å². The summed E-state index contributed by atoms with van der Waals surface area (Å²) in [6.45, 7) is 27.2. The number of hydrogen-bond donors (Lipinski definition) is 0. The van der Waals surface area contributed by atoms with Crippen molar-refractivity contribution in [3.8, 4) is 19.5 Å². The lowest BCUT2D eigenvalue weighted by atomic mass is 10.2. The van der Waals surface area contributed by atoms with Crippen molar-refractivity contribution < 1.29 is 0 Å². The van der Waals surface area contributed by atoms with Crippen LogP contribution in [0.15, 0.2) is 64.5 Å². The Hall–Kier alpha value is -0.369. The van der Waals surface area contributed by atoms with Gasteiger partial charge in [0, 0.05) is 33.0 Å². The van der Waals surface area contributed by atoms with Gasteiger partial charge in [-0.15, -0.1) is 56.7 Å². The summed E-state index contributed by atoms with van der Waals surface area (Å²) < 4.78 is 9.07. The Kier molecular flexibility index (Phi) is 9.00. The maximum atomic E-state index is 3.79. The van der Waals surface area contributed by atoms with Crippen molar-refractivity contribution >= 4 is 119 Å². The summed E-state index contributed by atoms with van der Waals surface area (Å²) in [7, 11) is -5.23. The highest BCUT2D eigenvalue weighted by atomic mass is 79.9. The molecule has 5 heterocycles. The van der Waals surface area contributed by atoms with Gasteiger partial charge in [0.15, 0.2) is 8.07 Å². The van der Waals surface area contributed by atoms with Crippen LogP contribution < -0.4 is 22.5 Å². The molecule has 5 aromatic rings. The van der Waals surface area contributed by atoms with Gasteiger partial charge < -0.3 is 0 Å². The highest BCUT2D eigenvalue weighted by Crippen LogP contribution is 2.40. The second-order valence-electron chi connectivity index (χ2n) is 14.6. The van der Waals surface area contributed by atoms with Crippen LogP contribution in [0.3, 0.4) is 0 Å². The SMILES string of the molecule is CC(C)(C)[Si](C)(C)c1ccc(-c2ccc([Si](C)(c3ccc(Br)s3)c3ccc(-c4ccc([Si](C)(C)C(C)(C)C)s4)s3)s2)s1. The molecule has 0 aromatic carbocycles. The summed E-state index contributed by atoms with van der Waals surface area (Å²) in [6.07, 6.45) is 0. The van der Waals surface area contributed by atoms with Gasteiger partial charge in [-0.2, -0.15) is 0 Å². The molecule has 0 saturated heterocycles. The van der Waals surface area contributed by atoms with Gasteiger partial charge in [0.1, 0.15) is 0 Å². The van der Waals surface area contributed by atoms with Crippen LogP contribution in [0, 0.1) is 0 Å². The van der Waals surface area contributed by atoms with E-state index in [-0.39, 0.29) is 0 Å². The van der Waals surface area contributed by atoms with Crippen LogP contribution >= 0.6 is 72.6 Å². The Morgan fingerprint density at radius 3 is 1.02 bits per heavy atom. The summed E-state index contributed by atoms with van der Waals surface area (Å²) in [4.78, 5) is 5.70. The van der Waals surface area contributed by atoms with Gasteiger partial charge in [0.2, 0.25) is 0 Å². The summed E-state index contributed by atoms with van der Waals surface area (Å²) >= 11 is 13.8. The maximum absolute atomic E-state index is 3.79.